The maximum absolute atomic E-state index is 14.3. The molecular weight excluding hydrogens is 320 g/mol. The third-order valence-corrected chi connectivity index (χ3v) is 5.94. The highest BCUT2D eigenvalue weighted by Crippen LogP contribution is 2.37. The number of hydrogen-bond acceptors (Lipinski definition) is 3. The van der Waals surface area contributed by atoms with Gasteiger partial charge in [0.25, 0.3) is 5.92 Å². The molecule has 1 saturated carbocycles. The molecule has 1 aliphatic carbocycles. The first kappa shape index (κ1) is 18.7. The van der Waals surface area contributed by atoms with Crippen molar-refractivity contribution >= 4 is 0 Å². The van der Waals surface area contributed by atoms with Crippen LogP contribution in [-0.4, -0.2) is 53.0 Å². The normalized spacial score (nSPS) is 30.3. The van der Waals surface area contributed by atoms with E-state index in [0.29, 0.717) is 25.0 Å². The van der Waals surface area contributed by atoms with E-state index in [9.17, 15) is 8.78 Å². The Kier molecular flexibility index (Phi) is 5.76. The minimum absolute atomic E-state index is 0.0768. The number of nitrogens with zero attached hydrogens (tertiary/aromatic N) is 2. The van der Waals surface area contributed by atoms with Crippen LogP contribution >= 0.6 is 0 Å². The van der Waals surface area contributed by atoms with Crippen molar-refractivity contribution in [2.24, 2.45) is 5.73 Å². The van der Waals surface area contributed by atoms with Gasteiger partial charge in [0, 0.05) is 44.2 Å². The van der Waals surface area contributed by atoms with E-state index in [0.717, 1.165) is 25.9 Å². The number of rotatable bonds is 5. The van der Waals surface area contributed by atoms with Crippen LogP contribution in [-0.2, 0) is 6.54 Å². The molecule has 0 spiro atoms. The molecule has 2 aliphatic rings. The van der Waals surface area contributed by atoms with Crippen LogP contribution < -0.4 is 5.73 Å². The third-order valence-electron chi connectivity index (χ3n) is 5.94. The first-order valence-electron chi connectivity index (χ1n) is 9.55. The number of alkyl halides is 2. The molecule has 0 radical (unpaired) electrons. The van der Waals surface area contributed by atoms with E-state index in [1.807, 2.05) is 18.2 Å². The van der Waals surface area contributed by atoms with Crippen LogP contribution in [0.1, 0.15) is 45.1 Å². The Morgan fingerprint density at radius 3 is 2.60 bits per heavy atom. The fourth-order valence-corrected chi connectivity index (χ4v) is 4.37. The summed E-state index contributed by atoms with van der Waals surface area (Å²) in [6.07, 6.45) is 2.27. The second-order valence-electron chi connectivity index (χ2n) is 7.94. The predicted octanol–water partition coefficient (Wildman–Crippen LogP) is 3.49. The van der Waals surface area contributed by atoms with Crippen molar-refractivity contribution in [2.45, 2.75) is 76.2 Å². The van der Waals surface area contributed by atoms with Crippen LogP contribution in [0, 0.1) is 0 Å². The molecular formula is C20H31F2N3. The maximum atomic E-state index is 14.3. The Morgan fingerprint density at radius 2 is 1.96 bits per heavy atom. The highest BCUT2D eigenvalue weighted by molar-refractivity contribution is 5.15. The van der Waals surface area contributed by atoms with Crippen molar-refractivity contribution in [2.75, 3.05) is 13.1 Å². The lowest BCUT2D eigenvalue weighted by atomic mass is 9.85. The Balaban J connectivity index is 1.81. The van der Waals surface area contributed by atoms with Gasteiger partial charge in [-0.25, -0.2) is 8.78 Å². The van der Waals surface area contributed by atoms with Gasteiger partial charge in [-0.1, -0.05) is 30.3 Å². The quantitative estimate of drug-likeness (QED) is 0.881. The van der Waals surface area contributed by atoms with Crippen molar-refractivity contribution in [3.63, 3.8) is 0 Å². The Hall–Kier alpha value is -1.04. The monoisotopic (exact) mass is 351 g/mol. The van der Waals surface area contributed by atoms with Crippen molar-refractivity contribution in [3.8, 4) is 0 Å². The lowest BCUT2D eigenvalue weighted by Crippen LogP contribution is -2.61. The molecule has 1 heterocycles. The molecule has 3 rings (SSSR count). The van der Waals surface area contributed by atoms with Gasteiger partial charge in [-0.15, -0.1) is 0 Å². The first-order chi connectivity index (χ1) is 11.9. The van der Waals surface area contributed by atoms with Crippen LogP contribution in [0.15, 0.2) is 30.3 Å². The Labute approximate surface area is 150 Å². The molecule has 2 N–H and O–H groups in total. The molecule has 3 nitrogen and oxygen atoms in total. The van der Waals surface area contributed by atoms with E-state index in [1.54, 1.807) is 0 Å². The average Bonchev–Trinajstić information content (AvgIpc) is 3.06. The van der Waals surface area contributed by atoms with Gasteiger partial charge >= 0.3 is 0 Å². The summed E-state index contributed by atoms with van der Waals surface area (Å²) in [5, 5.41) is 0. The molecule has 140 valence electrons. The first-order valence-corrected chi connectivity index (χ1v) is 9.55. The van der Waals surface area contributed by atoms with E-state index in [-0.39, 0.29) is 12.5 Å². The molecule has 1 aromatic rings. The summed E-state index contributed by atoms with van der Waals surface area (Å²) in [5.74, 6) is -2.76. The smallest absolute Gasteiger partial charge is 0.264 e. The average molecular weight is 351 g/mol. The van der Waals surface area contributed by atoms with Crippen molar-refractivity contribution in [3.05, 3.63) is 35.9 Å². The van der Waals surface area contributed by atoms with E-state index < -0.39 is 12.0 Å². The summed E-state index contributed by atoms with van der Waals surface area (Å²) in [6.45, 7) is 7.08. The van der Waals surface area contributed by atoms with E-state index >= 15 is 0 Å². The van der Waals surface area contributed by atoms with Crippen molar-refractivity contribution in [1.82, 2.24) is 9.80 Å². The molecule has 1 aromatic carbocycles. The Morgan fingerprint density at radius 1 is 1.24 bits per heavy atom. The molecule has 0 bridgehead atoms. The molecule has 25 heavy (non-hydrogen) atoms. The summed E-state index contributed by atoms with van der Waals surface area (Å²) >= 11 is 0. The molecule has 1 saturated heterocycles. The lowest BCUT2D eigenvalue weighted by Gasteiger charge is -2.44. The summed E-state index contributed by atoms with van der Waals surface area (Å²) < 4.78 is 28.6. The standard InChI is InChI=1S/C20H31F2N3/c1-15(2)24-12-10-17(14-24)25(13-16-7-4-3-5-8-16)18-9-6-11-20(21,22)19(18)23/h3-5,7-8,15,17-19H,6,9-14,23H2,1-2H3/t17-,18?,19?/m0/s1. The van der Waals surface area contributed by atoms with Crippen LogP contribution in [0.3, 0.4) is 0 Å². The lowest BCUT2D eigenvalue weighted by molar-refractivity contribution is -0.0897. The summed E-state index contributed by atoms with van der Waals surface area (Å²) in [7, 11) is 0. The van der Waals surface area contributed by atoms with Crippen LogP contribution in [0.2, 0.25) is 0 Å². The SMILES string of the molecule is CC(C)N1CC[C@H](N(Cc2ccccc2)C2CCCC(F)(F)C2N)C1. The summed E-state index contributed by atoms with van der Waals surface area (Å²) in [5.41, 5.74) is 7.24. The zero-order valence-electron chi connectivity index (χ0n) is 15.4. The fraction of sp³-hybridized carbons (Fsp3) is 0.700. The predicted molar refractivity (Wildman–Crippen MR) is 97.7 cm³/mol. The van der Waals surface area contributed by atoms with Gasteiger partial charge in [0.15, 0.2) is 0 Å². The van der Waals surface area contributed by atoms with Gasteiger partial charge in [-0.05, 0) is 38.7 Å². The van der Waals surface area contributed by atoms with Gasteiger partial charge in [-0.3, -0.25) is 9.80 Å². The molecule has 5 heteroatoms. The molecule has 0 aromatic heterocycles. The van der Waals surface area contributed by atoms with Crippen LogP contribution in [0.5, 0.6) is 0 Å². The molecule has 0 amide bonds. The zero-order valence-corrected chi connectivity index (χ0v) is 15.4. The number of hydrogen-bond donors (Lipinski definition) is 1. The van der Waals surface area contributed by atoms with E-state index in [2.05, 4.69) is 35.8 Å². The number of halogens is 2. The molecule has 2 fully saturated rings. The van der Waals surface area contributed by atoms with Gasteiger partial charge < -0.3 is 5.73 Å². The van der Waals surface area contributed by atoms with Gasteiger partial charge in [-0.2, -0.15) is 0 Å². The molecule has 2 unspecified atom stereocenters. The van der Waals surface area contributed by atoms with E-state index in [1.165, 1.54) is 5.56 Å². The topological polar surface area (TPSA) is 32.5 Å². The van der Waals surface area contributed by atoms with E-state index in [4.69, 9.17) is 5.73 Å². The summed E-state index contributed by atoms with van der Waals surface area (Å²) in [4.78, 5) is 4.73. The zero-order chi connectivity index (χ0) is 18.0. The fourth-order valence-electron chi connectivity index (χ4n) is 4.37. The minimum Gasteiger partial charge on any atom is -0.321 e. The van der Waals surface area contributed by atoms with Gasteiger partial charge in [0.05, 0.1) is 6.04 Å². The van der Waals surface area contributed by atoms with Crippen LogP contribution in [0.4, 0.5) is 8.78 Å². The van der Waals surface area contributed by atoms with Crippen molar-refractivity contribution < 1.29 is 8.78 Å². The second-order valence-corrected chi connectivity index (χ2v) is 7.94. The van der Waals surface area contributed by atoms with Crippen LogP contribution in [0.25, 0.3) is 0 Å². The van der Waals surface area contributed by atoms with Gasteiger partial charge in [0.2, 0.25) is 0 Å². The second kappa shape index (κ2) is 7.68. The van der Waals surface area contributed by atoms with Crippen molar-refractivity contribution in [1.29, 1.82) is 0 Å². The largest absolute Gasteiger partial charge is 0.321 e. The highest BCUT2D eigenvalue weighted by atomic mass is 19.3. The maximum Gasteiger partial charge on any atom is 0.264 e. The molecule has 3 atom stereocenters. The number of likely N-dealkylation sites (tertiary alicyclic amines) is 1. The number of nitrogens with two attached hydrogens (primary N) is 1. The number of benzene rings is 1. The minimum atomic E-state index is -2.76. The Bertz CT molecular complexity index is 549. The van der Waals surface area contributed by atoms with Gasteiger partial charge in [0.1, 0.15) is 0 Å². The highest BCUT2D eigenvalue weighted by Gasteiger charge is 2.48. The molecule has 1 aliphatic heterocycles. The third kappa shape index (κ3) is 4.21. The summed E-state index contributed by atoms with van der Waals surface area (Å²) in [6, 6.07) is 9.64.